The van der Waals surface area contributed by atoms with Crippen molar-refractivity contribution < 1.29 is 9.84 Å². The largest absolute Gasteiger partial charge is 0.495 e. The van der Waals surface area contributed by atoms with Gasteiger partial charge in [0.15, 0.2) is 0 Å². The predicted molar refractivity (Wildman–Crippen MR) is 62.4 cm³/mol. The Morgan fingerprint density at radius 1 is 1.25 bits per heavy atom. The predicted octanol–water partition coefficient (Wildman–Crippen LogP) is 2.63. The van der Waals surface area contributed by atoms with Gasteiger partial charge >= 0.3 is 0 Å². The third kappa shape index (κ3) is 2.19. The molecule has 1 N–H and O–H groups in total. The lowest BCUT2D eigenvalue weighted by atomic mass is 9.90. The van der Waals surface area contributed by atoms with Crippen LogP contribution < -0.4 is 4.74 Å². The number of hydrogen-bond acceptors (Lipinski definition) is 3. The normalized spacial score (nSPS) is 20.1. The molecule has 1 aromatic rings. The second kappa shape index (κ2) is 4.83. The van der Waals surface area contributed by atoms with E-state index in [0.29, 0.717) is 11.4 Å². The Kier molecular flexibility index (Phi) is 3.44. The van der Waals surface area contributed by atoms with E-state index in [1.807, 2.05) is 12.1 Å². The summed E-state index contributed by atoms with van der Waals surface area (Å²) in [4.78, 5) is 4.31. The minimum absolute atomic E-state index is 0.701. The van der Waals surface area contributed by atoms with E-state index in [-0.39, 0.29) is 0 Å². The van der Waals surface area contributed by atoms with Crippen molar-refractivity contribution in [2.75, 3.05) is 7.11 Å². The minimum Gasteiger partial charge on any atom is -0.495 e. The zero-order valence-electron chi connectivity index (χ0n) is 9.78. The molecule has 0 aromatic carbocycles. The second-order valence-corrected chi connectivity index (χ2v) is 4.50. The van der Waals surface area contributed by atoms with Crippen LogP contribution >= 0.6 is 0 Å². The molecule has 1 aromatic heterocycles. The standard InChI is InChI=1S/C13H19NO2/c1-16-11-7-6-10-14-12(11)13(15)8-4-2-3-5-9-13/h6-7,10,15H,2-5,8-9H2,1H3. The Morgan fingerprint density at radius 2 is 1.94 bits per heavy atom. The average molecular weight is 221 g/mol. The van der Waals surface area contributed by atoms with Gasteiger partial charge in [-0.1, -0.05) is 25.7 Å². The van der Waals surface area contributed by atoms with E-state index in [9.17, 15) is 5.11 Å². The molecule has 0 atom stereocenters. The van der Waals surface area contributed by atoms with Crippen LogP contribution in [0.25, 0.3) is 0 Å². The molecular weight excluding hydrogens is 202 g/mol. The highest BCUT2D eigenvalue weighted by atomic mass is 16.5. The van der Waals surface area contributed by atoms with Gasteiger partial charge in [-0.25, -0.2) is 0 Å². The first-order chi connectivity index (χ1) is 7.76. The molecule has 0 unspecified atom stereocenters. The lowest BCUT2D eigenvalue weighted by Gasteiger charge is -2.27. The van der Waals surface area contributed by atoms with Crippen molar-refractivity contribution in [2.24, 2.45) is 0 Å². The van der Waals surface area contributed by atoms with Gasteiger partial charge in [0, 0.05) is 6.20 Å². The van der Waals surface area contributed by atoms with Crippen molar-refractivity contribution in [3.05, 3.63) is 24.0 Å². The van der Waals surface area contributed by atoms with E-state index in [0.717, 1.165) is 25.7 Å². The van der Waals surface area contributed by atoms with Crippen molar-refractivity contribution in [1.29, 1.82) is 0 Å². The van der Waals surface area contributed by atoms with E-state index in [1.54, 1.807) is 13.3 Å². The first-order valence-corrected chi connectivity index (χ1v) is 5.98. The molecule has 0 amide bonds. The van der Waals surface area contributed by atoms with Crippen molar-refractivity contribution in [3.8, 4) is 5.75 Å². The third-order valence-electron chi connectivity index (χ3n) is 3.36. The van der Waals surface area contributed by atoms with Gasteiger partial charge in [-0.05, 0) is 25.0 Å². The summed E-state index contributed by atoms with van der Waals surface area (Å²) in [6.45, 7) is 0. The summed E-state index contributed by atoms with van der Waals surface area (Å²) in [7, 11) is 1.63. The van der Waals surface area contributed by atoms with Gasteiger partial charge in [0.1, 0.15) is 17.0 Å². The molecule has 0 saturated heterocycles. The number of hydrogen-bond donors (Lipinski definition) is 1. The van der Waals surface area contributed by atoms with Crippen LogP contribution in [0.4, 0.5) is 0 Å². The smallest absolute Gasteiger partial charge is 0.143 e. The molecule has 1 heterocycles. The summed E-state index contributed by atoms with van der Waals surface area (Å²) in [6, 6.07) is 3.70. The number of aromatic nitrogens is 1. The molecular formula is C13H19NO2. The molecule has 2 rings (SSSR count). The molecule has 0 bridgehead atoms. The van der Waals surface area contributed by atoms with Crippen molar-refractivity contribution in [3.63, 3.8) is 0 Å². The van der Waals surface area contributed by atoms with Crippen molar-refractivity contribution >= 4 is 0 Å². The average Bonchev–Trinajstić information content (AvgIpc) is 2.55. The van der Waals surface area contributed by atoms with Crippen molar-refractivity contribution in [2.45, 2.75) is 44.1 Å². The minimum atomic E-state index is -0.789. The zero-order chi connectivity index (χ0) is 11.4. The summed E-state index contributed by atoms with van der Waals surface area (Å²) in [5.74, 6) is 0.701. The van der Waals surface area contributed by atoms with Crippen LogP contribution in [0.2, 0.25) is 0 Å². The van der Waals surface area contributed by atoms with Gasteiger partial charge < -0.3 is 9.84 Å². The van der Waals surface area contributed by atoms with Gasteiger partial charge in [-0.2, -0.15) is 0 Å². The second-order valence-electron chi connectivity index (χ2n) is 4.50. The molecule has 1 saturated carbocycles. The number of ether oxygens (including phenoxy) is 1. The Morgan fingerprint density at radius 3 is 2.56 bits per heavy atom. The van der Waals surface area contributed by atoms with Gasteiger partial charge in [-0.3, -0.25) is 4.98 Å². The Balaban J connectivity index is 2.32. The van der Waals surface area contributed by atoms with E-state index >= 15 is 0 Å². The fourth-order valence-corrected chi connectivity index (χ4v) is 2.45. The molecule has 1 fully saturated rings. The van der Waals surface area contributed by atoms with Crippen LogP contribution in [0.3, 0.4) is 0 Å². The number of aliphatic hydroxyl groups is 1. The molecule has 0 aliphatic heterocycles. The maximum Gasteiger partial charge on any atom is 0.143 e. The van der Waals surface area contributed by atoms with Crippen LogP contribution in [-0.2, 0) is 5.60 Å². The Labute approximate surface area is 96.5 Å². The highest BCUT2D eigenvalue weighted by molar-refractivity contribution is 5.31. The molecule has 0 radical (unpaired) electrons. The fraction of sp³-hybridized carbons (Fsp3) is 0.615. The number of nitrogens with zero attached hydrogens (tertiary/aromatic N) is 1. The molecule has 16 heavy (non-hydrogen) atoms. The topological polar surface area (TPSA) is 42.4 Å². The lowest BCUT2D eigenvalue weighted by molar-refractivity contribution is 0.0140. The monoisotopic (exact) mass is 221 g/mol. The highest BCUT2D eigenvalue weighted by Gasteiger charge is 2.33. The van der Waals surface area contributed by atoms with Gasteiger partial charge in [0.25, 0.3) is 0 Å². The number of methoxy groups -OCH3 is 1. The summed E-state index contributed by atoms with van der Waals surface area (Å²) in [5.41, 5.74) is -0.0808. The number of pyridine rings is 1. The molecule has 3 nitrogen and oxygen atoms in total. The molecule has 1 aliphatic rings. The summed E-state index contributed by atoms with van der Waals surface area (Å²) < 4.78 is 5.28. The zero-order valence-corrected chi connectivity index (χ0v) is 9.78. The molecule has 0 spiro atoms. The van der Waals surface area contributed by atoms with Gasteiger partial charge in [0.2, 0.25) is 0 Å². The molecule has 1 aliphatic carbocycles. The fourth-order valence-electron chi connectivity index (χ4n) is 2.45. The van der Waals surface area contributed by atoms with Crippen molar-refractivity contribution in [1.82, 2.24) is 4.98 Å². The third-order valence-corrected chi connectivity index (χ3v) is 3.36. The van der Waals surface area contributed by atoms with Crippen LogP contribution in [0.1, 0.15) is 44.2 Å². The maximum absolute atomic E-state index is 10.7. The van der Waals surface area contributed by atoms with Crippen LogP contribution in [0, 0.1) is 0 Å². The summed E-state index contributed by atoms with van der Waals surface area (Å²) in [5, 5.41) is 10.7. The van der Waals surface area contributed by atoms with E-state index in [2.05, 4.69) is 4.98 Å². The first-order valence-electron chi connectivity index (χ1n) is 5.98. The Bertz CT molecular complexity index is 344. The van der Waals surface area contributed by atoms with Gasteiger partial charge in [0.05, 0.1) is 7.11 Å². The van der Waals surface area contributed by atoms with Crippen LogP contribution in [-0.4, -0.2) is 17.2 Å². The van der Waals surface area contributed by atoms with E-state index < -0.39 is 5.60 Å². The highest BCUT2D eigenvalue weighted by Crippen LogP contribution is 2.38. The number of rotatable bonds is 2. The molecule has 88 valence electrons. The van der Waals surface area contributed by atoms with Crippen LogP contribution in [0.15, 0.2) is 18.3 Å². The SMILES string of the molecule is COc1cccnc1C1(O)CCCCCC1. The summed E-state index contributed by atoms with van der Waals surface area (Å²) in [6.07, 6.45) is 7.85. The maximum atomic E-state index is 10.7. The van der Waals surface area contributed by atoms with Crippen LogP contribution in [0.5, 0.6) is 5.75 Å². The van der Waals surface area contributed by atoms with E-state index in [4.69, 9.17) is 4.74 Å². The van der Waals surface area contributed by atoms with E-state index in [1.165, 1.54) is 12.8 Å². The first kappa shape index (κ1) is 11.4. The van der Waals surface area contributed by atoms with Gasteiger partial charge in [-0.15, -0.1) is 0 Å². The summed E-state index contributed by atoms with van der Waals surface area (Å²) >= 11 is 0. The quantitative estimate of drug-likeness (QED) is 0.781. The lowest BCUT2D eigenvalue weighted by Crippen LogP contribution is -2.26. The Hall–Kier alpha value is -1.09. The molecule has 3 heteroatoms.